The molecule has 1 saturated carbocycles. The van der Waals surface area contributed by atoms with Gasteiger partial charge in [0, 0.05) is 12.8 Å². The van der Waals surface area contributed by atoms with Crippen LogP contribution in [0.25, 0.3) is 0 Å². The van der Waals surface area contributed by atoms with Crippen molar-refractivity contribution in [1.82, 2.24) is 0 Å². The number of unbranched alkanes of at least 4 members (excludes halogenated alkanes) is 20. The highest BCUT2D eigenvalue weighted by Gasteiger charge is 2.50. The maximum absolute atomic E-state index is 12.5. The van der Waals surface area contributed by atoms with Crippen molar-refractivity contribution in [3.8, 4) is 0 Å². The first-order valence-electron chi connectivity index (χ1n) is 25.1. The summed E-state index contributed by atoms with van der Waals surface area (Å²) in [6.07, 6.45) is 20.7. The van der Waals surface area contributed by atoms with Gasteiger partial charge in [-0.25, -0.2) is 0 Å². The molecule has 2 aliphatic heterocycles. The summed E-state index contributed by atoms with van der Waals surface area (Å²) in [6.45, 7) is 3.64. The Morgan fingerprint density at radius 1 is 0.468 bits per heavy atom. The Bertz CT molecular complexity index is 1190. The van der Waals surface area contributed by atoms with Gasteiger partial charge in [-0.3, -0.25) is 9.59 Å². The normalized spacial score (nSPS) is 29.9. The third kappa shape index (κ3) is 22.0. The number of ether oxygens (including phenoxy) is 5. The Morgan fingerprint density at radius 3 is 1.23 bits per heavy atom. The van der Waals surface area contributed by atoms with Crippen molar-refractivity contribution in [3.63, 3.8) is 0 Å². The fourth-order valence-corrected chi connectivity index (χ4v) is 8.71. The van der Waals surface area contributed by atoms with E-state index in [2.05, 4.69) is 26.0 Å². The van der Waals surface area contributed by atoms with Crippen molar-refractivity contribution in [2.45, 2.75) is 261 Å². The van der Waals surface area contributed by atoms with Gasteiger partial charge in [-0.1, -0.05) is 154 Å². The smallest absolute Gasteiger partial charge is 0.305 e. The average molecular weight is 885 g/mol. The molecule has 13 heteroatoms. The van der Waals surface area contributed by atoms with Crippen LogP contribution in [-0.2, 0) is 33.3 Å². The maximum Gasteiger partial charge on any atom is 0.305 e. The topological polar surface area (TPSA) is 202 Å². The van der Waals surface area contributed by atoms with E-state index in [1.165, 1.54) is 103 Å². The summed E-state index contributed by atoms with van der Waals surface area (Å²) >= 11 is 0. The molecule has 2 saturated heterocycles. The van der Waals surface area contributed by atoms with E-state index in [0.29, 0.717) is 12.8 Å². The first-order valence-corrected chi connectivity index (χ1v) is 25.1. The number of aliphatic hydroxyl groups excluding tert-OH is 6. The predicted octanol–water partition coefficient (Wildman–Crippen LogP) is 7.86. The van der Waals surface area contributed by atoms with Crippen molar-refractivity contribution in [2.75, 3.05) is 13.2 Å². The first kappa shape index (κ1) is 54.7. The molecule has 12 atom stereocenters. The molecule has 0 spiro atoms. The molecule has 0 bridgehead atoms. The summed E-state index contributed by atoms with van der Waals surface area (Å²) < 4.78 is 27.6. The number of hydrogen-bond acceptors (Lipinski definition) is 13. The largest absolute Gasteiger partial charge is 0.463 e. The minimum Gasteiger partial charge on any atom is -0.463 e. The Balaban J connectivity index is 1.26. The second-order valence-electron chi connectivity index (χ2n) is 18.5. The summed E-state index contributed by atoms with van der Waals surface area (Å²) in [5, 5.41) is 63.5. The van der Waals surface area contributed by atoms with Gasteiger partial charge in [0.2, 0.25) is 0 Å². The minimum atomic E-state index is -1.80. The standard InChI is InChI=1S/C49H88O13/c1-3-5-7-9-11-12-13-14-15-16-17-18-19-23-27-31-40(50)58-34-38-42(52)44(54)46(56)48(60-38)62-49-47(57)45(55)43(53)39(61-49)35-59-41(51)32-28-24-20-22-26-30-37-33-36(37)29-25-21-10-8-6-4-2/h14-15,36-39,42-49,52-57H,3-13,16-35H2,1-2H3/b15-14-/t36?,37?,38-,39-,42-,43-,44+,45+,46-,47-,48-,49-/m1/s1. The zero-order chi connectivity index (χ0) is 45.0. The molecule has 2 heterocycles. The van der Waals surface area contributed by atoms with E-state index in [-0.39, 0.29) is 12.8 Å². The number of carbonyl (C=O) groups excluding carboxylic acids is 2. The van der Waals surface area contributed by atoms with Crippen LogP contribution in [0.5, 0.6) is 0 Å². The lowest BCUT2D eigenvalue weighted by Crippen LogP contribution is -2.64. The van der Waals surface area contributed by atoms with Crippen LogP contribution in [0.3, 0.4) is 0 Å². The lowest BCUT2D eigenvalue weighted by molar-refractivity contribution is -0.376. The van der Waals surface area contributed by atoms with Gasteiger partial charge in [0.25, 0.3) is 0 Å². The van der Waals surface area contributed by atoms with Crippen molar-refractivity contribution in [3.05, 3.63) is 12.2 Å². The molecule has 0 amide bonds. The van der Waals surface area contributed by atoms with Crippen LogP contribution >= 0.6 is 0 Å². The van der Waals surface area contributed by atoms with Crippen LogP contribution in [-0.4, -0.2) is 117 Å². The van der Waals surface area contributed by atoms with Gasteiger partial charge in [-0.05, 0) is 56.8 Å². The number of rotatable bonds is 36. The lowest BCUT2D eigenvalue weighted by Gasteiger charge is -2.44. The van der Waals surface area contributed by atoms with Gasteiger partial charge < -0.3 is 54.3 Å². The minimum absolute atomic E-state index is 0.181. The molecular formula is C49H88O13. The van der Waals surface area contributed by atoms with Crippen LogP contribution in [0, 0.1) is 11.8 Å². The zero-order valence-corrected chi connectivity index (χ0v) is 38.5. The van der Waals surface area contributed by atoms with Crippen molar-refractivity contribution in [2.24, 2.45) is 11.8 Å². The Kier molecular flexibility index (Phi) is 29.0. The fraction of sp³-hybridized carbons (Fsp3) is 0.918. The van der Waals surface area contributed by atoms with Crippen molar-refractivity contribution >= 4 is 11.9 Å². The molecule has 3 fully saturated rings. The van der Waals surface area contributed by atoms with Crippen LogP contribution < -0.4 is 0 Å². The number of hydrogen-bond donors (Lipinski definition) is 6. The second kappa shape index (κ2) is 32.9. The van der Waals surface area contributed by atoms with Crippen LogP contribution in [0.4, 0.5) is 0 Å². The molecule has 2 unspecified atom stereocenters. The van der Waals surface area contributed by atoms with Gasteiger partial charge in [-0.2, -0.15) is 0 Å². The Labute approximate surface area is 373 Å². The third-order valence-corrected chi connectivity index (χ3v) is 13.0. The SMILES string of the molecule is CCCCCCCC/C=C\CCCCCCCC(=O)OC[C@H]1O[C@H](O[C@H]2O[C@H](COC(=O)CCCCCCCC3CC3CCCCCCCC)[C@@H](O)[C@H](O)[C@H]2O)[C@H](O)[C@@H](O)[C@@H]1O. The Hall–Kier alpha value is -1.68. The molecule has 0 aromatic carbocycles. The number of aliphatic hydroxyl groups is 6. The van der Waals surface area contributed by atoms with E-state index in [1.807, 2.05) is 0 Å². The molecule has 362 valence electrons. The van der Waals surface area contributed by atoms with E-state index in [1.54, 1.807) is 0 Å². The summed E-state index contributed by atoms with van der Waals surface area (Å²) in [5.41, 5.74) is 0. The zero-order valence-electron chi connectivity index (χ0n) is 38.5. The van der Waals surface area contributed by atoms with E-state index in [9.17, 15) is 40.2 Å². The van der Waals surface area contributed by atoms with Crippen molar-refractivity contribution in [1.29, 1.82) is 0 Å². The molecule has 62 heavy (non-hydrogen) atoms. The molecule has 6 N–H and O–H groups in total. The maximum atomic E-state index is 12.5. The molecule has 3 aliphatic rings. The van der Waals surface area contributed by atoms with E-state index in [4.69, 9.17) is 23.7 Å². The highest BCUT2D eigenvalue weighted by Crippen LogP contribution is 2.45. The monoisotopic (exact) mass is 885 g/mol. The predicted molar refractivity (Wildman–Crippen MR) is 238 cm³/mol. The first-order chi connectivity index (χ1) is 30.1. The molecule has 0 aromatic rings. The van der Waals surface area contributed by atoms with Gasteiger partial charge in [0.05, 0.1) is 0 Å². The summed E-state index contributed by atoms with van der Waals surface area (Å²) in [7, 11) is 0. The molecule has 1 aliphatic carbocycles. The van der Waals surface area contributed by atoms with Gasteiger partial charge in [0.1, 0.15) is 62.0 Å². The highest BCUT2D eigenvalue weighted by molar-refractivity contribution is 5.69. The number of carbonyl (C=O) groups is 2. The third-order valence-electron chi connectivity index (χ3n) is 13.0. The van der Waals surface area contributed by atoms with Gasteiger partial charge >= 0.3 is 11.9 Å². The summed E-state index contributed by atoms with van der Waals surface area (Å²) in [4.78, 5) is 25.0. The number of esters is 2. The van der Waals surface area contributed by atoms with Gasteiger partial charge in [0.15, 0.2) is 12.6 Å². The van der Waals surface area contributed by atoms with Crippen LogP contribution in [0.15, 0.2) is 12.2 Å². The fourth-order valence-electron chi connectivity index (χ4n) is 8.71. The lowest BCUT2D eigenvalue weighted by atomic mass is 9.98. The van der Waals surface area contributed by atoms with E-state index < -0.39 is 86.6 Å². The molecule has 13 nitrogen and oxygen atoms in total. The second-order valence-corrected chi connectivity index (χ2v) is 18.5. The molecule has 0 radical (unpaired) electrons. The Morgan fingerprint density at radius 2 is 0.823 bits per heavy atom. The van der Waals surface area contributed by atoms with Crippen molar-refractivity contribution < 1.29 is 63.9 Å². The summed E-state index contributed by atoms with van der Waals surface area (Å²) in [6, 6.07) is 0. The summed E-state index contributed by atoms with van der Waals surface area (Å²) in [5.74, 6) is 0.878. The quantitative estimate of drug-likeness (QED) is 0.0202. The van der Waals surface area contributed by atoms with Crippen LogP contribution in [0.2, 0.25) is 0 Å². The molecular weight excluding hydrogens is 797 g/mol. The van der Waals surface area contributed by atoms with E-state index >= 15 is 0 Å². The van der Waals surface area contributed by atoms with E-state index in [0.717, 1.165) is 69.6 Å². The highest BCUT2D eigenvalue weighted by atomic mass is 16.8. The van der Waals surface area contributed by atoms with Gasteiger partial charge in [-0.15, -0.1) is 0 Å². The number of allylic oxidation sites excluding steroid dienone is 2. The van der Waals surface area contributed by atoms with Crippen LogP contribution in [0.1, 0.15) is 200 Å². The molecule has 3 rings (SSSR count). The molecule has 0 aromatic heterocycles. The average Bonchev–Trinajstić information content (AvgIpc) is 4.02.